The van der Waals surface area contributed by atoms with E-state index < -0.39 is 0 Å². The van der Waals surface area contributed by atoms with E-state index >= 15 is 0 Å². The van der Waals surface area contributed by atoms with Crippen LogP contribution in [0.5, 0.6) is 0 Å². The first-order chi connectivity index (χ1) is 30.6. The molecule has 0 aromatic heterocycles. The van der Waals surface area contributed by atoms with Crippen LogP contribution < -0.4 is 9.80 Å². The summed E-state index contributed by atoms with van der Waals surface area (Å²) in [6.07, 6.45) is 0. The van der Waals surface area contributed by atoms with Crippen LogP contribution in [0.4, 0.5) is 34.1 Å². The van der Waals surface area contributed by atoms with E-state index in [1.54, 1.807) is 0 Å². The number of nitrogens with zero attached hydrogens (tertiary/aromatic N) is 2. The van der Waals surface area contributed by atoms with Crippen molar-refractivity contribution in [1.29, 1.82) is 0 Å². The number of rotatable bonds is 3. The Morgan fingerprint density at radius 1 is 0.281 bits per heavy atom. The molecular formula is C62H56N2. The Labute approximate surface area is 379 Å². The van der Waals surface area contributed by atoms with Crippen molar-refractivity contribution in [2.45, 2.75) is 90.9 Å². The summed E-state index contributed by atoms with van der Waals surface area (Å²) >= 11 is 0. The van der Waals surface area contributed by atoms with E-state index in [0.29, 0.717) is 0 Å². The second-order valence-corrected chi connectivity index (χ2v) is 21.1. The standard InChI is InChI=1S/C62H56N2/c1-37-31-39(41-33-49-57-50(34-41)60(5,6)46-20-12-16-24-54(46)63(57)53-23-15-11-19-45(53)59(49,3)4)27-29-43(37)44-30-28-40(32-38(44)2)42-35-51-58-52(36-42)62(9,10)48-22-14-18-26-56(48)64(58)55-25-17-13-21-47(55)61(51,7)8/h11-36H,1-10H3. The van der Waals surface area contributed by atoms with Crippen LogP contribution in [0.1, 0.15) is 111 Å². The van der Waals surface area contributed by atoms with Crippen LogP contribution >= 0.6 is 0 Å². The lowest BCUT2D eigenvalue weighted by molar-refractivity contribution is 0.597. The summed E-state index contributed by atoms with van der Waals surface area (Å²) in [7, 11) is 0. The summed E-state index contributed by atoms with van der Waals surface area (Å²) < 4.78 is 0. The average Bonchev–Trinajstić information content (AvgIpc) is 3.28. The maximum Gasteiger partial charge on any atom is 0.0544 e. The van der Waals surface area contributed by atoms with Crippen LogP contribution in [-0.4, -0.2) is 0 Å². The molecule has 0 spiro atoms. The van der Waals surface area contributed by atoms with Gasteiger partial charge < -0.3 is 9.80 Å². The first kappa shape index (κ1) is 39.0. The minimum absolute atomic E-state index is 0.168. The predicted octanol–water partition coefficient (Wildman–Crippen LogP) is 16.8. The van der Waals surface area contributed by atoms with Crippen molar-refractivity contribution in [3.8, 4) is 33.4 Å². The van der Waals surface area contributed by atoms with E-state index in [-0.39, 0.29) is 21.7 Å². The van der Waals surface area contributed by atoms with Crippen LogP contribution in [0, 0.1) is 13.8 Å². The molecule has 0 atom stereocenters. The highest BCUT2D eigenvalue weighted by Gasteiger charge is 2.47. The molecule has 64 heavy (non-hydrogen) atoms. The minimum atomic E-state index is -0.168. The average molecular weight is 829 g/mol. The lowest BCUT2D eigenvalue weighted by Crippen LogP contribution is -2.38. The molecule has 0 bridgehead atoms. The second-order valence-electron chi connectivity index (χ2n) is 21.1. The van der Waals surface area contributed by atoms with E-state index in [9.17, 15) is 0 Å². The van der Waals surface area contributed by atoms with Crippen molar-refractivity contribution in [3.63, 3.8) is 0 Å². The van der Waals surface area contributed by atoms with Crippen LogP contribution in [0.3, 0.4) is 0 Å². The maximum atomic E-state index is 2.55. The van der Waals surface area contributed by atoms with Gasteiger partial charge in [-0.3, -0.25) is 0 Å². The summed E-state index contributed by atoms with van der Waals surface area (Å²) in [4.78, 5) is 5.09. The van der Waals surface area contributed by atoms with E-state index in [0.717, 1.165) is 0 Å². The zero-order valence-electron chi connectivity index (χ0n) is 38.9. The van der Waals surface area contributed by atoms with E-state index in [4.69, 9.17) is 0 Å². The lowest BCUT2D eigenvalue weighted by atomic mass is 9.65. The Hall–Kier alpha value is -6.64. The molecule has 0 aliphatic carbocycles. The van der Waals surface area contributed by atoms with Gasteiger partial charge in [0.05, 0.1) is 34.1 Å². The molecule has 4 aliphatic rings. The molecule has 0 amide bonds. The summed E-state index contributed by atoms with van der Waals surface area (Å²) in [6.45, 7) is 23.8. The Balaban J connectivity index is 0.952. The highest BCUT2D eigenvalue weighted by molar-refractivity contribution is 5.96. The highest BCUT2D eigenvalue weighted by Crippen LogP contribution is 2.62. The lowest BCUT2D eigenvalue weighted by Gasteiger charge is -2.49. The Morgan fingerprint density at radius 3 is 0.812 bits per heavy atom. The monoisotopic (exact) mass is 828 g/mol. The Bertz CT molecular complexity index is 2930. The van der Waals surface area contributed by atoms with Crippen LogP contribution in [0.2, 0.25) is 0 Å². The SMILES string of the molecule is Cc1cc(-c2cc3c4c(c2)C(C)(C)c2ccccc2N4c2ccccc2C3(C)C)ccc1-c1ccc(-c2cc3c4c(c2)C(C)(C)c2ccccc2N4c2ccccc2C3(C)C)cc1C. The summed E-state index contributed by atoms with van der Waals surface area (Å²) in [6, 6.07) is 60.3. The van der Waals surface area contributed by atoms with Crippen LogP contribution in [0.25, 0.3) is 33.4 Å². The largest absolute Gasteiger partial charge is 0.309 e. The van der Waals surface area contributed by atoms with Gasteiger partial charge in [-0.1, -0.05) is 165 Å². The summed E-state index contributed by atoms with van der Waals surface area (Å²) in [5.41, 5.74) is 28.4. The molecule has 2 heteroatoms. The van der Waals surface area contributed by atoms with Gasteiger partial charge in [0.1, 0.15) is 0 Å². The van der Waals surface area contributed by atoms with Crippen molar-refractivity contribution in [3.05, 3.63) is 213 Å². The van der Waals surface area contributed by atoms with Crippen molar-refractivity contribution in [2.24, 2.45) is 0 Å². The van der Waals surface area contributed by atoms with E-state index in [1.807, 2.05) is 0 Å². The number of aryl methyl sites for hydroxylation is 2. The third-order valence-corrected chi connectivity index (χ3v) is 16.0. The number of benzene rings is 8. The summed E-state index contributed by atoms with van der Waals surface area (Å²) in [5.74, 6) is 0. The summed E-state index contributed by atoms with van der Waals surface area (Å²) in [5, 5.41) is 0. The Morgan fingerprint density at radius 2 is 0.547 bits per heavy atom. The van der Waals surface area contributed by atoms with Gasteiger partial charge in [0.2, 0.25) is 0 Å². The van der Waals surface area contributed by atoms with Gasteiger partial charge in [0.15, 0.2) is 0 Å². The van der Waals surface area contributed by atoms with E-state index in [1.165, 1.54) is 123 Å². The fourth-order valence-electron chi connectivity index (χ4n) is 12.4. The van der Waals surface area contributed by atoms with Crippen molar-refractivity contribution >= 4 is 34.1 Å². The fraction of sp³-hybridized carbons (Fsp3) is 0.226. The van der Waals surface area contributed by atoms with Gasteiger partial charge in [-0.25, -0.2) is 0 Å². The maximum absolute atomic E-state index is 2.55. The minimum Gasteiger partial charge on any atom is -0.309 e. The number of fused-ring (bicyclic) bond motifs is 8. The molecule has 0 N–H and O–H groups in total. The first-order valence-corrected chi connectivity index (χ1v) is 23.2. The molecule has 0 saturated carbocycles. The Kier molecular flexibility index (Phi) is 7.91. The molecular weight excluding hydrogens is 773 g/mol. The predicted molar refractivity (Wildman–Crippen MR) is 270 cm³/mol. The zero-order valence-corrected chi connectivity index (χ0v) is 38.9. The fourth-order valence-corrected chi connectivity index (χ4v) is 12.4. The number of anilines is 6. The van der Waals surface area contributed by atoms with Crippen LogP contribution in [-0.2, 0) is 21.7 Å². The molecule has 314 valence electrons. The highest BCUT2D eigenvalue weighted by atomic mass is 15.2. The molecule has 0 saturated heterocycles. The normalized spacial score (nSPS) is 17.0. The molecule has 8 aromatic carbocycles. The molecule has 0 fully saturated rings. The quantitative estimate of drug-likeness (QED) is 0.175. The first-order valence-electron chi connectivity index (χ1n) is 23.2. The molecule has 12 rings (SSSR count). The van der Waals surface area contributed by atoms with Gasteiger partial charge >= 0.3 is 0 Å². The van der Waals surface area contributed by atoms with Gasteiger partial charge in [0.25, 0.3) is 0 Å². The molecule has 8 aromatic rings. The zero-order chi connectivity index (χ0) is 44.2. The van der Waals surface area contributed by atoms with Gasteiger partial charge in [0, 0.05) is 21.7 Å². The molecule has 0 unspecified atom stereocenters. The second kappa shape index (κ2) is 13.0. The third-order valence-electron chi connectivity index (χ3n) is 16.0. The van der Waals surface area contributed by atoms with Crippen molar-refractivity contribution < 1.29 is 0 Å². The number of hydrogen-bond acceptors (Lipinski definition) is 2. The van der Waals surface area contributed by atoms with Gasteiger partial charge in [-0.05, 0) is 151 Å². The smallest absolute Gasteiger partial charge is 0.0544 e. The third kappa shape index (κ3) is 5.09. The molecule has 4 heterocycles. The van der Waals surface area contributed by atoms with Crippen molar-refractivity contribution in [2.75, 3.05) is 9.80 Å². The number of hydrogen-bond donors (Lipinski definition) is 0. The van der Waals surface area contributed by atoms with Crippen LogP contribution in [0.15, 0.2) is 158 Å². The topological polar surface area (TPSA) is 6.48 Å². The molecule has 0 radical (unpaired) electrons. The molecule has 4 aliphatic heterocycles. The van der Waals surface area contributed by atoms with Gasteiger partial charge in [-0.15, -0.1) is 0 Å². The van der Waals surface area contributed by atoms with E-state index in [2.05, 4.69) is 237 Å². The van der Waals surface area contributed by atoms with Gasteiger partial charge in [-0.2, -0.15) is 0 Å². The number of para-hydroxylation sites is 4. The molecule has 2 nitrogen and oxygen atoms in total. The van der Waals surface area contributed by atoms with Crippen molar-refractivity contribution in [1.82, 2.24) is 0 Å².